The van der Waals surface area contributed by atoms with Gasteiger partial charge in [-0.3, -0.25) is 0 Å². The Bertz CT molecular complexity index is 1590. The van der Waals surface area contributed by atoms with E-state index in [2.05, 4.69) is 50.6 Å². The number of benzene rings is 2. The van der Waals surface area contributed by atoms with Gasteiger partial charge in [-0.1, -0.05) is 60.1 Å². The van der Waals surface area contributed by atoms with Gasteiger partial charge >= 0.3 is 6.01 Å². The fourth-order valence-electron chi connectivity index (χ4n) is 5.63. The first kappa shape index (κ1) is 30.6. The highest BCUT2D eigenvalue weighted by molar-refractivity contribution is 7.19. The van der Waals surface area contributed by atoms with Gasteiger partial charge in [0.15, 0.2) is 5.82 Å². The van der Waals surface area contributed by atoms with Crippen molar-refractivity contribution in [2.45, 2.75) is 79.7 Å². The van der Waals surface area contributed by atoms with E-state index in [1.54, 1.807) is 12.1 Å². The van der Waals surface area contributed by atoms with E-state index in [0.717, 1.165) is 24.1 Å². The zero-order valence-corrected chi connectivity index (χ0v) is 26.1. The Balaban J connectivity index is 1.95. The number of anilines is 1. The highest BCUT2D eigenvalue weighted by atomic mass is 32.1. The first-order valence-corrected chi connectivity index (χ1v) is 15.4. The predicted octanol–water partition coefficient (Wildman–Crippen LogP) is 9.47. The minimum atomic E-state index is -0.546. The van der Waals surface area contributed by atoms with E-state index >= 15 is 4.39 Å². The van der Waals surface area contributed by atoms with Crippen LogP contribution in [0, 0.1) is 34.8 Å². The molecule has 2 heterocycles. The molecule has 0 aliphatic heterocycles. The summed E-state index contributed by atoms with van der Waals surface area (Å²) in [5.74, 6) is 0.679. The van der Waals surface area contributed by atoms with Crippen LogP contribution in [0.15, 0.2) is 24.3 Å². The molecule has 2 atom stereocenters. The van der Waals surface area contributed by atoms with Crippen LogP contribution >= 0.6 is 11.3 Å². The number of ether oxygens (including phenoxy) is 1. The number of halogens is 2. The molecule has 8 heteroatoms. The standard InChI is InChI=1S/C33H40F2N4OS/c1-9-20(7)11-16-26(18(3)4)39(10-2)32-23-13-12-22(28(35)29(23)37-33(38-32)40-8)21-14-15-25(34)31-27(21)24(17-36)30(41-31)19(5)6/h12-15,18-20,26H,9-11,16H2,1-8H3. The smallest absolute Gasteiger partial charge is 0.318 e. The van der Waals surface area contributed by atoms with Crippen LogP contribution in [0.1, 0.15) is 84.1 Å². The Labute approximate surface area is 246 Å². The highest BCUT2D eigenvalue weighted by Crippen LogP contribution is 2.44. The molecule has 0 radical (unpaired) electrons. The molecule has 5 nitrogen and oxygen atoms in total. The molecule has 0 spiro atoms. The Morgan fingerprint density at radius 1 is 1.00 bits per heavy atom. The van der Waals surface area contributed by atoms with Crippen LogP contribution in [-0.2, 0) is 0 Å². The normalized spacial score (nSPS) is 13.2. The third-order valence-electron chi connectivity index (χ3n) is 8.13. The van der Waals surface area contributed by atoms with Gasteiger partial charge in [-0.25, -0.2) is 8.78 Å². The van der Waals surface area contributed by atoms with Crippen molar-refractivity contribution >= 4 is 38.1 Å². The molecule has 4 rings (SSSR count). The highest BCUT2D eigenvalue weighted by Gasteiger charge is 2.28. The number of thiophene rings is 1. The van der Waals surface area contributed by atoms with E-state index in [4.69, 9.17) is 9.72 Å². The molecule has 0 saturated heterocycles. The van der Waals surface area contributed by atoms with E-state index in [1.165, 1.54) is 24.5 Å². The first-order chi connectivity index (χ1) is 19.6. The summed E-state index contributed by atoms with van der Waals surface area (Å²) in [4.78, 5) is 12.2. The lowest BCUT2D eigenvalue weighted by Crippen LogP contribution is -2.40. The number of nitrogens with zero attached hydrogens (tertiary/aromatic N) is 4. The molecular formula is C33H40F2N4OS. The molecule has 2 aromatic carbocycles. The fourth-order valence-corrected chi connectivity index (χ4v) is 6.81. The van der Waals surface area contributed by atoms with Gasteiger partial charge in [-0.05, 0) is 55.2 Å². The molecule has 41 heavy (non-hydrogen) atoms. The third-order valence-corrected chi connectivity index (χ3v) is 9.63. The summed E-state index contributed by atoms with van der Waals surface area (Å²) >= 11 is 1.26. The van der Waals surface area contributed by atoms with Gasteiger partial charge in [0.1, 0.15) is 23.2 Å². The van der Waals surface area contributed by atoms with Gasteiger partial charge in [0.05, 0.1) is 17.4 Å². The summed E-state index contributed by atoms with van der Waals surface area (Å²) in [5, 5.41) is 11.1. The van der Waals surface area contributed by atoms with Gasteiger partial charge in [-0.15, -0.1) is 11.3 Å². The summed E-state index contributed by atoms with van der Waals surface area (Å²) in [6, 6.07) is 9.00. The Hall–Kier alpha value is -3.31. The number of methoxy groups -OCH3 is 1. The van der Waals surface area contributed by atoms with Crippen LogP contribution in [0.25, 0.3) is 32.1 Å². The van der Waals surface area contributed by atoms with E-state index in [1.807, 2.05) is 19.9 Å². The zero-order valence-electron chi connectivity index (χ0n) is 25.3. The molecule has 0 aliphatic carbocycles. The number of hydrogen-bond acceptors (Lipinski definition) is 6. The number of rotatable bonds is 11. The molecule has 0 bridgehead atoms. The second-order valence-corrected chi connectivity index (χ2v) is 12.5. The lowest BCUT2D eigenvalue weighted by Gasteiger charge is -2.36. The molecule has 4 aromatic rings. The van der Waals surface area contributed by atoms with Crippen LogP contribution in [0.4, 0.5) is 14.6 Å². The second-order valence-electron chi connectivity index (χ2n) is 11.5. The zero-order chi connectivity index (χ0) is 30.0. The van der Waals surface area contributed by atoms with Gasteiger partial charge in [0.2, 0.25) is 0 Å². The molecule has 0 amide bonds. The Morgan fingerprint density at radius 3 is 2.29 bits per heavy atom. The minimum Gasteiger partial charge on any atom is -0.467 e. The maximum atomic E-state index is 16.6. The average Bonchev–Trinajstić information content (AvgIpc) is 3.36. The molecular weight excluding hydrogens is 538 g/mol. The molecule has 218 valence electrons. The van der Waals surface area contributed by atoms with Crippen LogP contribution in [0.5, 0.6) is 6.01 Å². The largest absolute Gasteiger partial charge is 0.467 e. The molecule has 0 N–H and O–H groups in total. The quantitative estimate of drug-likeness (QED) is 0.177. The molecule has 0 aliphatic rings. The van der Waals surface area contributed by atoms with Gasteiger partial charge in [0, 0.05) is 33.8 Å². The average molecular weight is 579 g/mol. The van der Waals surface area contributed by atoms with Crippen molar-refractivity contribution < 1.29 is 13.5 Å². The summed E-state index contributed by atoms with van der Waals surface area (Å²) < 4.78 is 37.3. The van der Waals surface area contributed by atoms with E-state index in [0.29, 0.717) is 50.8 Å². The summed E-state index contributed by atoms with van der Waals surface area (Å²) in [5.41, 5.74) is 1.27. The van der Waals surface area contributed by atoms with Crippen LogP contribution in [0.3, 0.4) is 0 Å². The van der Waals surface area contributed by atoms with E-state index in [9.17, 15) is 9.65 Å². The lowest BCUT2D eigenvalue weighted by atomic mass is 9.92. The number of hydrogen-bond donors (Lipinski definition) is 0. The van der Waals surface area contributed by atoms with Crippen LogP contribution in [-0.4, -0.2) is 29.7 Å². The number of nitriles is 1. The first-order valence-electron chi connectivity index (χ1n) is 14.5. The summed E-state index contributed by atoms with van der Waals surface area (Å²) in [6.07, 6.45) is 3.22. The molecule has 0 fully saturated rings. The summed E-state index contributed by atoms with van der Waals surface area (Å²) in [7, 11) is 1.48. The third kappa shape index (κ3) is 5.74. The number of fused-ring (bicyclic) bond motifs is 2. The van der Waals surface area contributed by atoms with Gasteiger partial charge < -0.3 is 9.64 Å². The monoisotopic (exact) mass is 578 g/mol. The molecule has 2 unspecified atom stereocenters. The van der Waals surface area contributed by atoms with Crippen molar-refractivity contribution in [2.75, 3.05) is 18.6 Å². The van der Waals surface area contributed by atoms with Crippen molar-refractivity contribution in [3.05, 3.63) is 46.3 Å². The fraction of sp³-hybridized carbons (Fsp3) is 0.485. The van der Waals surface area contributed by atoms with Gasteiger partial charge in [0.25, 0.3) is 0 Å². The maximum Gasteiger partial charge on any atom is 0.318 e. The van der Waals surface area contributed by atoms with Crippen molar-refractivity contribution in [2.24, 2.45) is 11.8 Å². The van der Waals surface area contributed by atoms with Crippen molar-refractivity contribution in [1.29, 1.82) is 5.26 Å². The van der Waals surface area contributed by atoms with Crippen LogP contribution in [0.2, 0.25) is 0 Å². The van der Waals surface area contributed by atoms with Crippen molar-refractivity contribution in [1.82, 2.24) is 9.97 Å². The second kappa shape index (κ2) is 12.7. The predicted molar refractivity (Wildman–Crippen MR) is 166 cm³/mol. The van der Waals surface area contributed by atoms with Gasteiger partial charge in [-0.2, -0.15) is 15.2 Å². The maximum absolute atomic E-state index is 16.6. The Kier molecular flexibility index (Phi) is 9.48. The number of aromatic nitrogens is 2. The topological polar surface area (TPSA) is 62.0 Å². The summed E-state index contributed by atoms with van der Waals surface area (Å²) in [6.45, 7) is 15.6. The Morgan fingerprint density at radius 2 is 1.71 bits per heavy atom. The van der Waals surface area contributed by atoms with E-state index in [-0.39, 0.29) is 29.1 Å². The van der Waals surface area contributed by atoms with Crippen molar-refractivity contribution in [3.63, 3.8) is 0 Å². The molecule has 0 saturated carbocycles. The molecule has 2 aromatic heterocycles. The van der Waals surface area contributed by atoms with Crippen molar-refractivity contribution in [3.8, 4) is 23.2 Å². The lowest BCUT2D eigenvalue weighted by molar-refractivity contribution is 0.370. The van der Waals surface area contributed by atoms with Crippen LogP contribution < -0.4 is 9.64 Å². The minimum absolute atomic E-state index is 0.0320. The van der Waals surface area contributed by atoms with E-state index < -0.39 is 11.6 Å². The SMILES string of the molecule is CCC(C)CCC(C(C)C)N(CC)c1nc(OC)nc2c(F)c(-c3ccc(F)c4sc(C(C)C)c(C#N)c34)ccc12.